The number of hydrogen-bond acceptors (Lipinski definition) is 4. The van der Waals surface area contributed by atoms with Crippen molar-refractivity contribution in [2.45, 2.75) is 90.2 Å². The number of Topliss-reactive ketones (excluding diaryl/α,β-unsaturated/α-hetero) is 1. The first kappa shape index (κ1) is 21.4. The van der Waals surface area contributed by atoms with Crippen molar-refractivity contribution >= 4 is 5.78 Å². The Bertz CT molecular complexity index is 663. The van der Waals surface area contributed by atoms with E-state index in [0.717, 1.165) is 68.6 Å². The SMILES string of the molecule is C[C@@H]1COCCN1CC(=O)[C@H]1CC[C@H]2[C@@H]3CC[C@H]4C[C@](C)(O)CC[C@@H]4[C@H]3CC[C@]12C. The molecule has 0 spiro atoms. The lowest BCUT2D eigenvalue weighted by Gasteiger charge is -2.57. The summed E-state index contributed by atoms with van der Waals surface area (Å²) in [6, 6.07) is 0.363. The molecule has 5 rings (SSSR count). The summed E-state index contributed by atoms with van der Waals surface area (Å²) in [5, 5.41) is 10.6. The summed E-state index contributed by atoms with van der Waals surface area (Å²) < 4.78 is 5.57. The molecule has 4 aliphatic carbocycles. The predicted octanol–water partition coefficient (Wildman–Crippen LogP) is 4.30. The zero-order chi connectivity index (χ0) is 21.1. The van der Waals surface area contributed by atoms with Crippen LogP contribution < -0.4 is 0 Å². The van der Waals surface area contributed by atoms with E-state index in [-0.39, 0.29) is 11.3 Å². The van der Waals surface area contributed by atoms with E-state index in [0.29, 0.717) is 18.4 Å². The van der Waals surface area contributed by atoms with E-state index in [1.54, 1.807) is 0 Å². The van der Waals surface area contributed by atoms with Crippen LogP contribution in [-0.4, -0.2) is 53.7 Å². The molecule has 5 fully saturated rings. The number of morpholine rings is 1. The fourth-order valence-electron chi connectivity index (χ4n) is 8.92. The second-order valence-corrected chi connectivity index (χ2v) is 12.2. The van der Waals surface area contributed by atoms with Gasteiger partial charge in [-0.2, -0.15) is 0 Å². The Balaban J connectivity index is 1.28. The number of carbonyl (C=O) groups is 1. The van der Waals surface area contributed by atoms with Crippen LogP contribution in [0.5, 0.6) is 0 Å². The van der Waals surface area contributed by atoms with Crippen LogP contribution in [0.15, 0.2) is 0 Å². The molecule has 1 aliphatic heterocycles. The third kappa shape index (κ3) is 3.59. The number of carbonyl (C=O) groups excluding carboxylic acids is 1. The molecule has 1 heterocycles. The maximum Gasteiger partial charge on any atom is 0.150 e. The van der Waals surface area contributed by atoms with Gasteiger partial charge in [0.25, 0.3) is 0 Å². The molecular weight excluding hydrogens is 374 g/mol. The molecule has 4 saturated carbocycles. The van der Waals surface area contributed by atoms with Gasteiger partial charge in [0.15, 0.2) is 0 Å². The Hall–Kier alpha value is -0.450. The summed E-state index contributed by atoms with van der Waals surface area (Å²) in [7, 11) is 0. The molecule has 30 heavy (non-hydrogen) atoms. The zero-order valence-electron chi connectivity index (χ0n) is 19.4. The van der Waals surface area contributed by atoms with E-state index in [4.69, 9.17) is 4.74 Å². The van der Waals surface area contributed by atoms with Crippen LogP contribution in [0.25, 0.3) is 0 Å². The second kappa shape index (κ2) is 7.85. The van der Waals surface area contributed by atoms with Gasteiger partial charge in [0, 0.05) is 18.5 Å². The topological polar surface area (TPSA) is 49.8 Å². The summed E-state index contributed by atoms with van der Waals surface area (Å²) in [5.41, 5.74) is -0.209. The third-order valence-corrected chi connectivity index (χ3v) is 10.5. The Kier molecular flexibility index (Phi) is 5.60. The molecule has 170 valence electrons. The van der Waals surface area contributed by atoms with Crippen molar-refractivity contribution in [1.82, 2.24) is 4.90 Å². The van der Waals surface area contributed by atoms with Crippen LogP contribution in [-0.2, 0) is 9.53 Å². The molecule has 4 nitrogen and oxygen atoms in total. The van der Waals surface area contributed by atoms with Crippen LogP contribution >= 0.6 is 0 Å². The Labute approximate surface area is 183 Å². The number of aliphatic hydroxyl groups is 1. The van der Waals surface area contributed by atoms with Crippen LogP contribution in [0.4, 0.5) is 0 Å². The Morgan fingerprint density at radius 2 is 1.83 bits per heavy atom. The zero-order valence-corrected chi connectivity index (χ0v) is 19.4. The van der Waals surface area contributed by atoms with Gasteiger partial charge in [0.1, 0.15) is 5.78 Å². The fourth-order valence-corrected chi connectivity index (χ4v) is 8.92. The first-order valence-electron chi connectivity index (χ1n) is 12.9. The van der Waals surface area contributed by atoms with Gasteiger partial charge in [-0.25, -0.2) is 0 Å². The Morgan fingerprint density at radius 1 is 1.03 bits per heavy atom. The summed E-state index contributed by atoms with van der Waals surface area (Å²) in [5.74, 6) is 4.77. The summed E-state index contributed by atoms with van der Waals surface area (Å²) in [4.78, 5) is 15.8. The number of hydrogen-bond donors (Lipinski definition) is 1. The van der Waals surface area contributed by atoms with Crippen molar-refractivity contribution in [3.63, 3.8) is 0 Å². The lowest BCUT2D eigenvalue weighted by atomic mass is 9.49. The van der Waals surface area contributed by atoms with E-state index < -0.39 is 5.60 Å². The minimum atomic E-state index is -0.432. The minimum absolute atomic E-state index is 0.223. The quantitative estimate of drug-likeness (QED) is 0.744. The molecule has 0 unspecified atom stereocenters. The van der Waals surface area contributed by atoms with Gasteiger partial charge in [0.05, 0.1) is 25.4 Å². The Morgan fingerprint density at radius 3 is 2.63 bits per heavy atom. The molecule has 0 aromatic heterocycles. The molecule has 5 aliphatic rings. The van der Waals surface area contributed by atoms with Gasteiger partial charge in [-0.15, -0.1) is 0 Å². The van der Waals surface area contributed by atoms with Gasteiger partial charge in [-0.3, -0.25) is 9.69 Å². The molecule has 0 amide bonds. The fraction of sp³-hybridized carbons (Fsp3) is 0.962. The molecule has 9 atom stereocenters. The van der Waals surface area contributed by atoms with Gasteiger partial charge >= 0.3 is 0 Å². The van der Waals surface area contributed by atoms with Crippen molar-refractivity contribution in [1.29, 1.82) is 0 Å². The average Bonchev–Trinajstić information content (AvgIpc) is 3.06. The van der Waals surface area contributed by atoms with E-state index >= 15 is 0 Å². The van der Waals surface area contributed by atoms with Crippen molar-refractivity contribution in [3.8, 4) is 0 Å². The standard InChI is InChI=1S/C26H43NO3/c1-17-16-30-13-12-27(17)15-24(28)23-7-6-22-21-5-4-18-14-25(2,29)10-8-19(18)20(21)9-11-26(22,23)3/h17-23,29H,4-16H2,1-3H3/t17-,18+,19+,20-,21-,22+,23-,25-,26+/m1/s1. The lowest BCUT2D eigenvalue weighted by molar-refractivity contribution is -0.135. The number of rotatable bonds is 3. The van der Waals surface area contributed by atoms with Crippen molar-refractivity contribution in [3.05, 3.63) is 0 Å². The third-order valence-electron chi connectivity index (χ3n) is 10.5. The van der Waals surface area contributed by atoms with E-state index in [1.165, 1.54) is 38.5 Å². The summed E-state index contributed by atoms with van der Waals surface area (Å²) in [6.45, 7) is 9.78. The van der Waals surface area contributed by atoms with Crippen LogP contribution in [0, 0.1) is 40.9 Å². The lowest BCUT2D eigenvalue weighted by Crippen LogP contribution is -2.52. The highest BCUT2D eigenvalue weighted by Crippen LogP contribution is 2.64. The largest absolute Gasteiger partial charge is 0.390 e. The van der Waals surface area contributed by atoms with Crippen molar-refractivity contribution in [2.75, 3.05) is 26.3 Å². The van der Waals surface area contributed by atoms with Gasteiger partial charge in [-0.1, -0.05) is 6.92 Å². The molecular formula is C26H43NO3. The van der Waals surface area contributed by atoms with Gasteiger partial charge in [0.2, 0.25) is 0 Å². The first-order valence-corrected chi connectivity index (χ1v) is 12.9. The molecule has 1 N–H and O–H groups in total. The first-order chi connectivity index (χ1) is 14.3. The monoisotopic (exact) mass is 417 g/mol. The maximum atomic E-state index is 13.5. The number of ether oxygens (including phenoxy) is 1. The number of nitrogens with zero attached hydrogens (tertiary/aromatic N) is 1. The second-order valence-electron chi connectivity index (χ2n) is 12.2. The van der Waals surface area contributed by atoms with Crippen molar-refractivity contribution in [2.24, 2.45) is 40.9 Å². The van der Waals surface area contributed by atoms with E-state index in [1.807, 2.05) is 0 Å². The highest BCUT2D eigenvalue weighted by Gasteiger charge is 2.58. The minimum Gasteiger partial charge on any atom is -0.390 e. The molecule has 1 saturated heterocycles. The van der Waals surface area contributed by atoms with Crippen LogP contribution in [0.1, 0.15) is 78.6 Å². The van der Waals surface area contributed by atoms with Crippen LogP contribution in [0.3, 0.4) is 0 Å². The van der Waals surface area contributed by atoms with E-state index in [2.05, 4.69) is 25.7 Å². The number of ketones is 1. The molecule has 0 aromatic carbocycles. The summed E-state index contributed by atoms with van der Waals surface area (Å²) >= 11 is 0. The van der Waals surface area contributed by atoms with Gasteiger partial charge < -0.3 is 9.84 Å². The highest BCUT2D eigenvalue weighted by molar-refractivity contribution is 5.84. The predicted molar refractivity (Wildman–Crippen MR) is 118 cm³/mol. The van der Waals surface area contributed by atoms with Crippen LogP contribution in [0.2, 0.25) is 0 Å². The smallest absolute Gasteiger partial charge is 0.150 e. The summed E-state index contributed by atoms with van der Waals surface area (Å²) in [6.07, 6.45) is 10.8. The van der Waals surface area contributed by atoms with Crippen molar-refractivity contribution < 1.29 is 14.6 Å². The van der Waals surface area contributed by atoms with E-state index in [9.17, 15) is 9.90 Å². The van der Waals surface area contributed by atoms with Gasteiger partial charge in [-0.05, 0) is 107 Å². The average molecular weight is 418 g/mol. The molecule has 0 bridgehead atoms. The molecule has 4 heteroatoms. The molecule has 0 aromatic rings. The highest BCUT2D eigenvalue weighted by atomic mass is 16.5. The molecule has 0 radical (unpaired) electrons. The normalized spacial score (nSPS) is 51.7. The maximum absolute atomic E-state index is 13.5. The number of fused-ring (bicyclic) bond motifs is 5.